The van der Waals surface area contributed by atoms with Crippen molar-refractivity contribution in [3.8, 4) is 0 Å². The van der Waals surface area contributed by atoms with Gasteiger partial charge in [-0.2, -0.15) is 0 Å². The zero-order chi connectivity index (χ0) is 13.1. The number of hydrogen-bond donors (Lipinski definition) is 1. The molecule has 2 rings (SSSR count). The number of amides is 1. The van der Waals surface area contributed by atoms with Crippen LogP contribution in [0.5, 0.6) is 0 Å². The Kier molecular flexibility index (Phi) is 3.81. The van der Waals surface area contributed by atoms with Crippen LogP contribution in [-0.4, -0.2) is 45.3 Å². The van der Waals surface area contributed by atoms with Crippen LogP contribution in [0.1, 0.15) is 6.92 Å². The summed E-state index contributed by atoms with van der Waals surface area (Å²) in [6.07, 6.45) is 5.33. The third kappa shape index (κ3) is 2.61. The van der Waals surface area contributed by atoms with Crippen LogP contribution in [0, 0.1) is 0 Å². The average Bonchev–Trinajstić information content (AvgIpc) is 2.82. The second kappa shape index (κ2) is 5.34. The number of likely N-dealkylation sites (N-methyl/N-ethyl adjacent to an activating group) is 1. The molecule has 0 aliphatic rings. The molecule has 1 amide bonds. The van der Waals surface area contributed by atoms with Crippen molar-refractivity contribution in [1.29, 1.82) is 0 Å². The van der Waals surface area contributed by atoms with Gasteiger partial charge in [0.25, 0.3) is 0 Å². The fraction of sp³-hybridized carbons (Fsp3) is 0.364. The lowest BCUT2D eigenvalue weighted by Gasteiger charge is -2.15. The number of nitrogens with zero attached hydrogens (tertiary/aromatic N) is 4. The fourth-order valence-corrected chi connectivity index (χ4v) is 1.89. The first-order chi connectivity index (χ1) is 8.61. The van der Waals surface area contributed by atoms with E-state index in [-0.39, 0.29) is 12.5 Å². The molecule has 0 atom stereocenters. The molecule has 0 bridgehead atoms. The van der Waals surface area contributed by atoms with Gasteiger partial charge in [0, 0.05) is 32.2 Å². The summed E-state index contributed by atoms with van der Waals surface area (Å²) in [5, 5.41) is 3.01. The third-order valence-electron chi connectivity index (χ3n) is 2.65. The molecule has 0 aromatic carbocycles. The molecule has 0 spiro atoms. The minimum atomic E-state index is 0.0176. The number of anilines is 1. The van der Waals surface area contributed by atoms with Gasteiger partial charge in [-0.3, -0.25) is 4.79 Å². The monoisotopic (exact) mass is 311 g/mol. The quantitative estimate of drug-likeness (QED) is 0.926. The van der Waals surface area contributed by atoms with Crippen molar-refractivity contribution in [2.24, 2.45) is 0 Å². The molecule has 1 N–H and O–H groups in total. The van der Waals surface area contributed by atoms with Gasteiger partial charge in [-0.15, -0.1) is 0 Å². The number of halogens is 1. The lowest BCUT2D eigenvalue weighted by molar-refractivity contribution is -0.127. The maximum Gasteiger partial charge on any atom is 0.241 e. The van der Waals surface area contributed by atoms with Gasteiger partial charge in [-0.05, 0) is 22.9 Å². The molecule has 0 radical (unpaired) electrons. The van der Waals surface area contributed by atoms with Gasteiger partial charge in [-0.25, -0.2) is 9.97 Å². The zero-order valence-electron chi connectivity index (χ0n) is 10.2. The van der Waals surface area contributed by atoms with Crippen molar-refractivity contribution < 1.29 is 4.79 Å². The van der Waals surface area contributed by atoms with Crippen molar-refractivity contribution in [2.45, 2.75) is 6.92 Å². The molecule has 0 fully saturated rings. The molecule has 2 aromatic heterocycles. The van der Waals surface area contributed by atoms with E-state index in [1.54, 1.807) is 18.1 Å². The highest BCUT2D eigenvalue weighted by molar-refractivity contribution is 9.10. The number of hydrogen-bond acceptors (Lipinski definition) is 4. The molecule has 0 aliphatic carbocycles. The predicted molar refractivity (Wildman–Crippen MR) is 72.5 cm³/mol. The summed E-state index contributed by atoms with van der Waals surface area (Å²) in [6, 6.07) is 0. The van der Waals surface area contributed by atoms with Gasteiger partial charge in [0.1, 0.15) is 4.60 Å². The van der Waals surface area contributed by atoms with Gasteiger partial charge in [0.2, 0.25) is 5.91 Å². The van der Waals surface area contributed by atoms with Crippen LogP contribution in [-0.2, 0) is 4.79 Å². The molecule has 0 aliphatic heterocycles. The molecule has 18 heavy (non-hydrogen) atoms. The molecular formula is C11H14BrN5O. The minimum Gasteiger partial charge on any atom is -0.358 e. The van der Waals surface area contributed by atoms with Crippen molar-refractivity contribution >= 4 is 33.3 Å². The largest absolute Gasteiger partial charge is 0.358 e. The number of aromatic nitrogens is 3. The highest BCUT2D eigenvalue weighted by atomic mass is 79.9. The van der Waals surface area contributed by atoms with Gasteiger partial charge >= 0.3 is 0 Å². The first-order valence-corrected chi connectivity index (χ1v) is 6.38. The summed E-state index contributed by atoms with van der Waals surface area (Å²) in [5.74, 6) is 0.608. The Morgan fingerprint density at radius 3 is 3.11 bits per heavy atom. The van der Waals surface area contributed by atoms with Gasteiger partial charge in [0.05, 0.1) is 6.54 Å². The minimum absolute atomic E-state index is 0.0176. The number of rotatable bonds is 4. The van der Waals surface area contributed by atoms with E-state index >= 15 is 0 Å². The highest BCUT2D eigenvalue weighted by Crippen LogP contribution is 2.16. The molecule has 2 heterocycles. The van der Waals surface area contributed by atoms with E-state index < -0.39 is 0 Å². The van der Waals surface area contributed by atoms with Crippen LogP contribution >= 0.6 is 15.9 Å². The lowest BCUT2D eigenvalue weighted by atomic mass is 10.5. The highest BCUT2D eigenvalue weighted by Gasteiger charge is 2.10. The standard InChI is InChI=1S/C11H14BrN5O/c1-3-16(2)9(18)6-14-10-11-13-4-5-17(11)7-8(12)15-10/h4-5,7H,3,6H2,1-2H3,(H,14,15). The SMILES string of the molecule is CCN(C)C(=O)CNc1nc(Br)cn2ccnc12. The van der Waals surface area contributed by atoms with E-state index in [0.717, 1.165) is 0 Å². The van der Waals surface area contributed by atoms with E-state index in [9.17, 15) is 4.79 Å². The number of fused-ring (bicyclic) bond motifs is 1. The van der Waals surface area contributed by atoms with Crippen LogP contribution in [0.3, 0.4) is 0 Å². The molecule has 7 heteroatoms. The zero-order valence-corrected chi connectivity index (χ0v) is 11.8. The smallest absolute Gasteiger partial charge is 0.241 e. The van der Waals surface area contributed by atoms with Crippen LogP contribution in [0.15, 0.2) is 23.2 Å². The average molecular weight is 312 g/mol. The van der Waals surface area contributed by atoms with E-state index in [1.165, 1.54) is 0 Å². The van der Waals surface area contributed by atoms with E-state index in [0.29, 0.717) is 22.6 Å². The maximum atomic E-state index is 11.7. The van der Waals surface area contributed by atoms with E-state index in [1.807, 2.05) is 23.7 Å². The van der Waals surface area contributed by atoms with Crippen molar-refractivity contribution in [2.75, 3.05) is 25.5 Å². The molecule has 0 saturated heterocycles. The summed E-state index contributed by atoms with van der Waals surface area (Å²) < 4.78 is 2.53. The predicted octanol–water partition coefficient (Wildman–Crippen LogP) is 1.38. The van der Waals surface area contributed by atoms with E-state index in [2.05, 4.69) is 31.2 Å². The topological polar surface area (TPSA) is 62.5 Å². The van der Waals surface area contributed by atoms with Crippen molar-refractivity contribution in [3.05, 3.63) is 23.2 Å². The summed E-state index contributed by atoms with van der Waals surface area (Å²) in [7, 11) is 1.77. The Bertz CT molecular complexity index is 568. The Hall–Kier alpha value is -1.63. The summed E-state index contributed by atoms with van der Waals surface area (Å²) in [6.45, 7) is 2.82. The number of imidazole rings is 1. The summed E-state index contributed by atoms with van der Waals surface area (Å²) >= 11 is 3.32. The van der Waals surface area contributed by atoms with Crippen LogP contribution in [0.2, 0.25) is 0 Å². The first kappa shape index (κ1) is 12.8. The van der Waals surface area contributed by atoms with Gasteiger partial charge < -0.3 is 14.6 Å². The second-order valence-electron chi connectivity index (χ2n) is 3.83. The number of nitrogens with one attached hydrogen (secondary N) is 1. The lowest BCUT2D eigenvalue weighted by Crippen LogP contribution is -2.32. The molecule has 2 aromatic rings. The maximum absolute atomic E-state index is 11.7. The molecule has 0 unspecified atom stereocenters. The fourth-order valence-electron chi connectivity index (χ4n) is 1.49. The van der Waals surface area contributed by atoms with Crippen molar-refractivity contribution in [1.82, 2.24) is 19.3 Å². The molecule has 96 valence electrons. The number of carbonyl (C=O) groups excluding carboxylic acids is 1. The Balaban J connectivity index is 2.16. The molecule has 6 nitrogen and oxygen atoms in total. The van der Waals surface area contributed by atoms with Crippen LogP contribution < -0.4 is 5.32 Å². The van der Waals surface area contributed by atoms with Gasteiger partial charge in [0.15, 0.2) is 11.5 Å². The Labute approximate surface area is 113 Å². The van der Waals surface area contributed by atoms with Crippen molar-refractivity contribution in [3.63, 3.8) is 0 Å². The van der Waals surface area contributed by atoms with Gasteiger partial charge in [-0.1, -0.05) is 0 Å². The Morgan fingerprint density at radius 1 is 1.61 bits per heavy atom. The third-order valence-corrected chi connectivity index (χ3v) is 3.03. The van der Waals surface area contributed by atoms with E-state index in [4.69, 9.17) is 0 Å². The van der Waals surface area contributed by atoms with Crippen LogP contribution in [0.4, 0.5) is 5.82 Å². The number of carbonyl (C=O) groups is 1. The molecular weight excluding hydrogens is 298 g/mol. The first-order valence-electron chi connectivity index (χ1n) is 5.59. The summed E-state index contributed by atoms with van der Waals surface area (Å²) in [5.41, 5.74) is 0.699. The normalized spacial score (nSPS) is 10.6. The Morgan fingerprint density at radius 2 is 2.39 bits per heavy atom. The van der Waals surface area contributed by atoms with Crippen LogP contribution in [0.25, 0.3) is 5.65 Å². The summed E-state index contributed by atoms with van der Waals surface area (Å²) in [4.78, 5) is 21.8. The molecule has 0 saturated carbocycles. The second-order valence-corrected chi connectivity index (χ2v) is 4.64.